The SMILES string of the molecule is CNCC(C)C(=O)Nc1cccc(-c2nnnn2C2CC2)c1.Cl. The van der Waals surface area contributed by atoms with Crippen LogP contribution in [-0.4, -0.2) is 39.7 Å². The van der Waals surface area contributed by atoms with Crippen molar-refractivity contribution in [3.63, 3.8) is 0 Å². The highest BCUT2D eigenvalue weighted by Gasteiger charge is 2.28. The van der Waals surface area contributed by atoms with Gasteiger partial charge in [0.05, 0.1) is 6.04 Å². The van der Waals surface area contributed by atoms with E-state index in [1.807, 2.05) is 42.9 Å². The Bertz CT molecular complexity index is 669. The van der Waals surface area contributed by atoms with Gasteiger partial charge in [-0.3, -0.25) is 4.79 Å². The van der Waals surface area contributed by atoms with Crippen LogP contribution < -0.4 is 10.6 Å². The number of hydrogen-bond acceptors (Lipinski definition) is 5. The van der Waals surface area contributed by atoms with Crippen molar-refractivity contribution >= 4 is 24.0 Å². The summed E-state index contributed by atoms with van der Waals surface area (Å²) < 4.78 is 1.87. The van der Waals surface area contributed by atoms with Crippen molar-refractivity contribution in [3.05, 3.63) is 24.3 Å². The zero-order chi connectivity index (χ0) is 15.5. The fourth-order valence-corrected chi connectivity index (χ4v) is 2.35. The molecule has 2 aromatic rings. The van der Waals surface area contributed by atoms with E-state index < -0.39 is 0 Å². The lowest BCUT2D eigenvalue weighted by Crippen LogP contribution is -2.28. The maximum absolute atomic E-state index is 12.1. The number of tetrazole rings is 1. The number of carbonyl (C=O) groups excluding carboxylic acids is 1. The lowest BCUT2D eigenvalue weighted by atomic mass is 10.1. The van der Waals surface area contributed by atoms with Gasteiger partial charge in [-0.05, 0) is 42.4 Å². The normalized spacial score (nSPS) is 14.9. The molecule has 1 unspecified atom stereocenters. The molecular weight excluding hydrogens is 316 g/mol. The zero-order valence-electron chi connectivity index (χ0n) is 13.2. The van der Waals surface area contributed by atoms with Gasteiger partial charge in [0.25, 0.3) is 0 Å². The number of nitrogens with zero attached hydrogens (tertiary/aromatic N) is 4. The first-order valence-corrected chi connectivity index (χ1v) is 7.53. The van der Waals surface area contributed by atoms with E-state index in [2.05, 4.69) is 26.2 Å². The topological polar surface area (TPSA) is 84.7 Å². The molecule has 1 saturated carbocycles. The Morgan fingerprint density at radius 3 is 2.91 bits per heavy atom. The van der Waals surface area contributed by atoms with Crippen LogP contribution in [0.15, 0.2) is 24.3 Å². The van der Waals surface area contributed by atoms with Crippen LogP contribution in [0.5, 0.6) is 0 Å². The molecule has 0 bridgehead atoms. The molecule has 23 heavy (non-hydrogen) atoms. The van der Waals surface area contributed by atoms with Gasteiger partial charge in [-0.15, -0.1) is 17.5 Å². The van der Waals surface area contributed by atoms with Gasteiger partial charge in [0.15, 0.2) is 5.82 Å². The Balaban J connectivity index is 0.00000192. The molecule has 1 heterocycles. The lowest BCUT2D eigenvalue weighted by molar-refractivity contribution is -0.119. The van der Waals surface area contributed by atoms with Gasteiger partial charge in [-0.25, -0.2) is 4.68 Å². The molecule has 0 saturated heterocycles. The van der Waals surface area contributed by atoms with Gasteiger partial charge in [0.2, 0.25) is 5.91 Å². The second-order valence-corrected chi connectivity index (χ2v) is 5.71. The van der Waals surface area contributed by atoms with Crippen molar-refractivity contribution in [1.82, 2.24) is 25.5 Å². The fraction of sp³-hybridized carbons (Fsp3) is 0.467. The van der Waals surface area contributed by atoms with Crippen molar-refractivity contribution in [2.24, 2.45) is 5.92 Å². The molecule has 1 aromatic heterocycles. The zero-order valence-corrected chi connectivity index (χ0v) is 14.0. The number of benzene rings is 1. The molecule has 0 spiro atoms. The number of carbonyl (C=O) groups is 1. The highest BCUT2D eigenvalue weighted by Crippen LogP contribution is 2.36. The van der Waals surface area contributed by atoms with Crippen LogP contribution in [-0.2, 0) is 4.79 Å². The van der Waals surface area contributed by atoms with Gasteiger partial charge in [-0.2, -0.15) is 0 Å². The molecular formula is C15H21ClN6O. The average molecular weight is 337 g/mol. The van der Waals surface area contributed by atoms with Gasteiger partial charge in [-0.1, -0.05) is 19.1 Å². The molecule has 1 amide bonds. The maximum atomic E-state index is 12.1. The van der Waals surface area contributed by atoms with E-state index in [1.54, 1.807) is 0 Å². The number of amides is 1. The third kappa shape index (κ3) is 4.05. The summed E-state index contributed by atoms with van der Waals surface area (Å²) in [5, 5.41) is 17.9. The highest BCUT2D eigenvalue weighted by molar-refractivity contribution is 5.93. The van der Waals surface area contributed by atoms with Crippen molar-refractivity contribution in [2.45, 2.75) is 25.8 Å². The molecule has 1 atom stereocenters. The largest absolute Gasteiger partial charge is 0.326 e. The van der Waals surface area contributed by atoms with Crippen molar-refractivity contribution < 1.29 is 4.79 Å². The summed E-state index contributed by atoms with van der Waals surface area (Å²) >= 11 is 0. The summed E-state index contributed by atoms with van der Waals surface area (Å²) in [6.45, 7) is 2.54. The standard InChI is InChI=1S/C15H20N6O.ClH/c1-10(9-16-2)15(22)17-12-5-3-4-11(8-12)14-18-19-20-21(14)13-6-7-13;/h3-5,8,10,13,16H,6-7,9H2,1-2H3,(H,17,22);1H. The molecule has 2 N–H and O–H groups in total. The average Bonchev–Trinajstić information content (AvgIpc) is 3.24. The minimum Gasteiger partial charge on any atom is -0.326 e. The Hall–Kier alpha value is -1.99. The summed E-state index contributed by atoms with van der Waals surface area (Å²) in [6, 6.07) is 8.06. The van der Waals surface area contributed by atoms with Gasteiger partial charge in [0, 0.05) is 23.7 Å². The maximum Gasteiger partial charge on any atom is 0.228 e. The van der Waals surface area contributed by atoms with Gasteiger partial charge < -0.3 is 10.6 Å². The van der Waals surface area contributed by atoms with Crippen molar-refractivity contribution in [1.29, 1.82) is 0 Å². The van der Waals surface area contributed by atoms with Crippen molar-refractivity contribution in [2.75, 3.05) is 18.9 Å². The summed E-state index contributed by atoms with van der Waals surface area (Å²) in [5.41, 5.74) is 1.67. The van der Waals surface area contributed by atoms with E-state index in [0.29, 0.717) is 12.6 Å². The van der Waals surface area contributed by atoms with Crippen LogP contribution in [0.3, 0.4) is 0 Å². The Morgan fingerprint density at radius 2 is 2.22 bits per heavy atom. The first-order valence-electron chi connectivity index (χ1n) is 7.53. The van der Waals surface area contributed by atoms with Crippen LogP contribution >= 0.6 is 12.4 Å². The van der Waals surface area contributed by atoms with E-state index in [9.17, 15) is 4.79 Å². The highest BCUT2D eigenvalue weighted by atomic mass is 35.5. The number of aromatic nitrogens is 4. The van der Waals surface area contributed by atoms with Crippen LogP contribution in [0, 0.1) is 5.92 Å². The van der Waals surface area contributed by atoms with Crippen LogP contribution in [0.25, 0.3) is 11.4 Å². The molecule has 8 heteroatoms. The predicted molar refractivity (Wildman–Crippen MR) is 90.5 cm³/mol. The first kappa shape index (κ1) is 17.4. The molecule has 0 radical (unpaired) electrons. The number of halogens is 1. The summed E-state index contributed by atoms with van der Waals surface area (Å²) in [7, 11) is 1.84. The predicted octanol–water partition coefficient (Wildman–Crippen LogP) is 1.89. The van der Waals surface area contributed by atoms with Crippen LogP contribution in [0.4, 0.5) is 5.69 Å². The smallest absolute Gasteiger partial charge is 0.228 e. The summed E-state index contributed by atoms with van der Waals surface area (Å²) in [6.07, 6.45) is 2.24. The molecule has 124 valence electrons. The monoisotopic (exact) mass is 336 g/mol. The lowest BCUT2D eigenvalue weighted by Gasteiger charge is -2.12. The van der Waals surface area contributed by atoms with Crippen molar-refractivity contribution in [3.8, 4) is 11.4 Å². The van der Waals surface area contributed by atoms with E-state index in [-0.39, 0.29) is 24.2 Å². The molecule has 1 fully saturated rings. The number of anilines is 1. The molecule has 1 aliphatic rings. The first-order chi connectivity index (χ1) is 10.7. The third-order valence-electron chi connectivity index (χ3n) is 3.73. The molecule has 0 aliphatic heterocycles. The third-order valence-corrected chi connectivity index (χ3v) is 3.73. The van der Waals surface area contributed by atoms with Gasteiger partial charge >= 0.3 is 0 Å². The molecule has 1 aliphatic carbocycles. The minimum atomic E-state index is -0.0922. The van der Waals surface area contributed by atoms with E-state index in [4.69, 9.17) is 0 Å². The Kier molecular flexibility index (Phi) is 5.68. The molecule has 1 aromatic carbocycles. The molecule has 7 nitrogen and oxygen atoms in total. The number of hydrogen-bond donors (Lipinski definition) is 2. The fourth-order valence-electron chi connectivity index (χ4n) is 2.35. The van der Waals surface area contributed by atoms with E-state index >= 15 is 0 Å². The Morgan fingerprint density at radius 1 is 1.43 bits per heavy atom. The van der Waals surface area contributed by atoms with E-state index in [1.165, 1.54) is 0 Å². The number of rotatable bonds is 6. The van der Waals surface area contributed by atoms with E-state index in [0.717, 1.165) is 29.9 Å². The van der Waals surface area contributed by atoms with Crippen LogP contribution in [0.2, 0.25) is 0 Å². The second kappa shape index (κ2) is 7.52. The minimum absolute atomic E-state index is 0. The summed E-state index contributed by atoms with van der Waals surface area (Å²) in [5.74, 6) is 0.653. The summed E-state index contributed by atoms with van der Waals surface area (Å²) in [4.78, 5) is 12.1. The van der Waals surface area contributed by atoms with Gasteiger partial charge in [0.1, 0.15) is 0 Å². The second-order valence-electron chi connectivity index (χ2n) is 5.71. The number of nitrogens with one attached hydrogen (secondary N) is 2. The quantitative estimate of drug-likeness (QED) is 0.841. The van der Waals surface area contributed by atoms with Crippen LogP contribution in [0.1, 0.15) is 25.8 Å². The molecule has 3 rings (SSSR count). The Labute approximate surface area is 141 Å².